The molecule has 0 spiro atoms. The average molecular weight is 199 g/mol. The minimum absolute atomic E-state index is 0.182. The third-order valence-corrected chi connectivity index (χ3v) is 1.60. The molecule has 1 atom stereocenters. The Balaban J connectivity index is 2.79. The van der Waals surface area contributed by atoms with Gasteiger partial charge in [0.1, 0.15) is 0 Å². The van der Waals surface area contributed by atoms with Crippen LogP contribution in [-0.4, -0.2) is 27.3 Å². The van der Waals surface area contributed by atoms with Crippen molar-refractivity contribution in [2.45, 2.75) is 6.35 Å². The molecule has 6 nitrogen and oxygen atoms in total. The van der Waals surface area contributed by atoms with Crippen molar-refractivity contribution >= 4 is 35.6 Å². The monoisotopic (exact) mass is 198 g/mol. The number of carbonyl (C=O) groups excluding carboxylic acids is 2. The van der Waals surface area contributed by atoms with Crippen molar-refractivity contribution in [3.05, 3.63) is 0 Å². The van der Waals surface area contributed by atoms with Gasteiger partial charge in [0.2, 0.25) is 0 Å². The lowest BCUT2D eigenvalue weighted by atomic mass is 10.7. The van der Waals surface area contributed by atoms with Crippen molar-refractivity contribution < 1.29 is 14.7 Å². The normalized spacial score (nSPS) is 25.5. The number of rotatable bonds is 0. The van der Waals surface area contributed by atoms with Gasteiger partial charge in [0, 0.05) is 23.6 Å². The number of hydrogen-bond donors (Lipinski definition) is 1. The molecule has 0 saturated carbocycles. The van der Waals surface area contributed by atoms with Crippen LogP contribution in [0.25, 0.3) is 0 Å². The van der Waals surface area contributed by atoms with Gasteiger partial charge in [-0.1, -0.05) is 0 Å². The number of hydrogen-bond acceptors (Lipinski definition) is 3. The van der Waals surface area contributed by atoms with Crippen molar-refractivity contribution in [2.75, 3.05) is 0 Å². The molecule has 8 heteroatoms. The van der Waals surface area contributed by atoms with E-state index in [2.05, 4.69) is 0 Å². The lowest BCUT2D eigenvalue weighted by Gasteiger charge is -2.36. The summed E-state index contributed by atoms with van der Waals surface area (Å²) in [6.45, 7) is 0. The van der Waals surface area contributed by atoms with Gasteiger partial charge in [-0.05, 0) is 0 Å². The van der Waals surface area contributed by atoms with Gasteiger partial charge in [0.15, 0.2) is 0 Å². The molecule has 0 bridgehead atoms. The second-order valence-electron chi connectivity index (χ2n) is 1.68. The third kappa shape index (κ3) is 1.32. The van der Waals surface area contributed by atoms with Crippen LogP contribution in [0.5, 0.6) is 0 Å². The minimum atomic E-state index is -1.79. The maximum absolute atomic E-state index is 10.7. The number of imide groups is 1. The molecule has 1 unspecified atom stereocenters. The van der Waals surface area contributed by atoms with Gasteiger partial charge in [-0.2, -0.15) is 4.42 Å². The van der Waals surface area contributed by atoms with Crippen molar-refractivity contribution in [1.29, 1.82) is 0 Å². The molecule has 0 radical (unpaired) electrons. The molecule has 1 aliphatic heterocycles. The van der Waals surface area contributed by atoms with Crippen LogP contribution in [0.1, 0.15) is 0 Å². The molecule has 11 heavy (non-hydrogen) atoms. The summed E-state index contributed by atoms with van der Waals surface area (Å²) in [4.78, 5) is 21.2. The van der Waals surface area contributed by atoms with E-state index in [9.17, 15) is 14.7 Å². The highest BCUT2D eigenvalue weighted by Gasteiger charge is 2.31. The molecule has 0 aromatic rings. The first kappa shape index (κ1) is 8.38. The Kier molecular flexibility index (Phi) is 2.08. The highest BCUT2D eigenvalue weighted by molar-refractivity contribution is 6.34. The average Bonchev–Trinajstić information content (AvgIpc) is 1.97. The Labute approximate surface area is 71.5 Å². The van der Waals surface area contributed by atoms with Gasteiger partial charge in [-0.15, -0.1) is 0 Å². The van der Waals surface area contributed by atoms with E-state index < -0.39 is 18.4 Å². The number of amides is 4. The molecule has 0 aliphatic carbocycles. The van der Waals surface area contributed by atoms with Gasteiger partial charge < -0.3 is 10.4 Å². The lowest BCUT2D eigenvalue weighted by Crippen LogP contribution is -2.64. The zero-order chi connectivity index (χ0) is 8.59. The number of nitrogens with zero attached hydrogens (tertiary/aromatic N) is 2. The number of halogens is 2. The molecule has 0 aromatic carbocycles. The summed E-state index contributed by atoms with van der Waals surface area (Å²) in [6, 6.07) is -2.04. The minimum Gasteiger partial charge on any atom is -0.819 e. The predicted molar refractivity (Wildman–Crippen MR) is 33.1 cm³/mol. The third-order valence-electron chi connectivity index (χ3n) is 0.982. The van der Waals surface area contributed by atoms with Gasteiger partial charge in [0.25, 0.3) is 0 Å². The number of carbonyl (C=O) groups is 2. The largest absolute Gasteiger partial charge is 0.819 e. The predicted octanol–water partition coefficient (Wildman–Crippen LogP) is -0.615. The van der Waals surface area contributed by atoms with Crippen LogP contribution in [-0.2, 0) is 0 Å². The highest BCUT2D eigenvalue weighted by atomic mass is 35.5. The fourth-order valence-corrected chi connectivity index (χ4v) is 0.783. The summed E-state index contributed by atoms with van der Waals surface area (Å²) in [7, 11) is 0. The van der Waals surface area contributed by atoms with E-state index in [0.717, 1.165) is 0 Å². The van der Waals surface area contributed by atoms with Gasteiger partial charge >= 0.3 is 12.1 Å². The topological polar surface area (TPSA) is 75.7 Å². The second-order valence-corrected chi connectivity index (χ2v) is 2.38. The summed E-state index contributed by atoms with van der Waals surface area (Å²) in [5.74, 6) is 0. The molecule has 4 amide bonds. The molecule has 62 valence electrons. The molecule has 1 rings (SSSR count). The highest BCUT2D eigenvalue weighted by Crippen LogP contribution is 2.11. The maximum atomic E-state index is 10.7. The van der Waals surface area contributed by atoms with E-state index in [1.165, 1.54) is 0 Å². The standard InChI is InChI=1S/C3H2Cl2N3O3/c4-7-1(9)6-2(10)8(5)3(7)11/h1H,(H,6,10)/q-1. The number of nitrogens with one attached hydrogen (secondary N) is 1. The quantitative estimate of drug-likeness (QED) is 0.528. The van der Waals surface area contributed by atoms with Crippen LogP contribution in [0, 0.1) is 0 Å². The van der Waals surface area contributed by atoms with Gasteiger partial charge in [0.05, 0.1) is 6.35 Å². The molecular weight excluding hydrogens is 197 g/mol. The Morgan fingerprint density at radius 2 is 2.00 bits per heavy atom. The van der Waals surface area contributed by atoms with Crippen molar-refractivity contribution in [1.82, 2.24) is 14.2 Å². The first-order valence-electron chi connectivity index (χ1n) is 2.45. The Morgan fingerprint density at radius 1 is 1.45 bits per heavy atom. The summed E-state index contributed by atoms with van der Waals surface area (Å²) in [6.07, 6.45) is -1.79. The van der Waals surface area contributed by atoms with Gasteiger partial charge in [-0.25, -0.2) is 14.0 Å². The van der Waals surface area contributed by atoms with E-state index in [1.807, 2.05) is 0 Å². The molecule has 0 aromatic heterocycles. The summed E-state index contributed by atoms with van der Waals surface area (Å²) in [5, 5.41) is 12.4. The molecule has 1 N–H and O–H groups in total. The summed E-state index contributed by atoms with van der Waals surface area (Å²) >= 11 is 10.2. The molecule has 1 fully saturated rings. The van der Waals surface area contributed by atoms with Crippen LogP contribution in [0.4, 0.5) is 9.59 Å². The SMILES string of the molecule is O=C1NC([O-])N(Cl)C(=O)N1Cl. The van der Waals surface area contributed by atoms with E-state index in [-0.39, 0.29) is 8.84 Å². The fourth-order valence-electron chi connectivity index (χ4n) is 0.490. The van der Waals surface area contributed by atoms with Crippen LogP contribution in [0.3, 0.4) is 0 Å². The fraction of sp³-hybridized carbons (Fsp3) is 0.333. The molecule has 1 saturated heterocycles. The van der Waals surface area contributed by atoms with Crippen LogP contribution < -0.4 is 10.4 Å². The zero-order valence-electron chi connectivity index (χ0n) is 4.95. The van der Waals surface area contributed by atoms with E-state index in [0.29, 0.717) is 0 Å². The van der Waals surface area contributed by atoms with Crippen molar-refractivity contribution in [2.24, 2.45) is 0 Å². The Hall–Kier alpha value is -0.720. The van der Waals surface area contributed by atoms with E-state index in [4.69, 9.17) is 23.6 Å². The summed E-state index contributed by atoms with van der Waals surface area (Å²) in [5.41, 5.74) is 0. The molecule has 1 aliphatic rings. The maximum Gasteiger partial charge on any atom is 0.358 e. The number of urea groups is 2. The zero-order valence-corrected chi connectivity index (χ0v) is 6.46. The van der Waals surface area contributed by atoms with E-state index in [1.54, 1.807) is 5.32 Å². The Morgan fingerprint density at radius 3 is 2.55 bits per heavy atom. The van der Waals surface area contributed by atoms with Crippen molar-refractivity contribution in [3.63, 3.8) is 0 Å². The lowest BCUT2D eigenvalue weighted by molar-refractivity contribution is -0.449. The van der Waals surface area contributed by atoms with Crippen LogP contribution in [0.15, 0.2) is 0 Å². The smallest absolute Gasteiger partial charge is 0.358 e. The molecule has 1 heterocycles. The second kappa shape index (κ2) is 2.72. The van der Waals surface area contributed by atoms with Crippen LogP contribution >= 0.6 is 23.6 Å². The van der Waals surface area contributed by atoms with Crippen LogP contribution in [0.2, 0.25) is 0 Å². The first-order valence-corrected chi connectivity index (χ1v) is 3.13. The van der Waals surface area contributed by atoms with E-state index >= 15 is 0 Å². The van der Waals surface area contributed by atoms with Crippen molar-refractivity contribution in [3.8, 4) is 0 Å². The summed E-state index contributed by atoms with van der Waals surface area (Å²) < 4.78 is 0.426. The molecular formula is C3H2Cl2N3O3-. The van der Waals surface area contributed by atoms with Gasteiger partial charge in [-0.3, -0.25) is 0 Å². The Bertz CT molecular complexity index is 210. The first-order chi connectivity index (χ1) is 5.04.